The third-order valence-electron chi connectivity index (χ3n) is 5.64. The first kappa shape index (κ1) is 25.6. The van der Waals surface area contributed by atoms with Gasteiger partial charge >= 0.3 is 0 Å². The summed E-state index contributed by atoms with van der Waals surface area (Å²) in [6.45, 7) is 2.61. The van der Waals surface area contributed by atoms with E-state index in [4.69, 9.17) is 0 Å². The highest BCUT2D eigenvalue weighted by molar-refractivity contribution is 7.99. The Morgan fingerprint density at radius 3 is 2.57 bits per heavy atom. The van der Waals surface area contributed by atoms with Crippen molar-refractivity contribution in [2.24, 2.45) is 0 Å². The average Bonchev–Trinajstić information content (AvgIpc) is 2.69. The fourth-order valence-electron chi connectivity index (χ4n) is 4.04. The van der Waals surface area contributed by atoms with Gasteiger partial charge in [-0.05, 0) is 31.0 Å². The molecular weight excluding hydrogens is 413 g/mol. The highest BCUT2D eigenvalue weighted by Crippen LogP contribution is 2.23. The number of nitrogens with zero attached hydrogens (tertiary/aromatic N) is 1. The summed E-state index contributed by atoms with van der Waals surface area (Å²) in [7, 11) is 2.25. The van der Waals surface area contributed by atoms with E-state index in [-0.39, 0.29) is 30.7 Å². The van der Waals surface area contributed by atoms with Crippen molar-refractivity contribution in [2.45, 2.75) is 63.7 Å². The Morgan fingerprint density at radius 2 is 1.89 bits per heavy atom. The summed E-state index contributed by atoms with van der Waals surface area (Å²) in [5, 5.41) is 6.57. The molecular formula is C21H35Cl2N3OS. The molecule has 1 saturated carbocycles. The number of thioether (sulfide) groups is 1. The molecule has 0 aromatic heterocycles. The van der Waals surface area contributed by atoms with Crippen LogP contribution in [0.1, 0.15) is 49.7 Å². The van der Waals surface area contributed by atoms with E-state index in [0.29, 0.717) is 25.0 Å². The lowest BCUT2D eigenvalue weighted by atomic mass is 9.94. The van der Waals surface area contributed by atoms with E-state index in [0.717, 1.165) is 24.6 Å². The van der Waals surface area contributed by atoms with Crippen LogP contribution in [-0.4, -0.2) is 48.0 Å². The van der Waals surface area contributed by atoms with E-state index in [1.807, 2.05) is 11.8 Å². The average molecular weight is 449 g/mol. The first-order valence-electron chi connectivity index (χ1n) is 10.1. The molecule has 1 aromatic rings. The summed E-state index contributed by atoms with van der Waals surface area (Å²) in [5.74, 6) is 2.34. The molecule has 4 nitrogen and oxygen atoms in total. The molecule has 2 aliphatic rings. The van der Waals surface area contributed by atoms with Crippen molar-refractivity contribution in [1.82, 2.24) is 15.5 Å². The van der Waals surface area contributed by atoms with Gasteiger partial charge in [-0.3, -0.25) is 9.69 Å². The van der Waals surface area contributed by atoms with Gasteiger partial charge in [0.25, 0.3) is 0 Å². The van der Waals surface area contributed by atoms with Crippen LogP contribution in [0.2, 0.25) is 0 Å². The van der Waals surface area contributed by atoms with E-state index < -0.39 is 0 Å². The molecule has 2 N–H and O–H groups in total. The summed E-state index contributed by atoms with van der Waals surface area (Å²) in [5.41, 5.74) is 2.58. The molecule has 28 heavy (non-hydrogen) atoms. The minimum atomic E-state index is 0. The second-order valence-electron chi connectivity index (χ2n) is 7.68. The Bertz CT molecular complexity index is 579. The van der Waals surface area contributed by atoms with Gasteiger partial charge in [0.15, 0.2) is 0 Å². The Hall–Kier alpha value is -0.460. The predicted octanol–water partition coefficient (Wildman–Crippen LogP) is 4.01. The minimum Gasteiger partial charge on any atom is -0.352 e. The van der Waals surface area contributed by atoms with Crippen molar-refractivity contribution in [1.29, 1.82) is 0 Å². The maximum Gasteiger partial charge on any atom is 0.221 e. The zero-order chi connectivity index (χ0) is 18.2. The van der Waals surface area contributed by atoms with Crippen LogP contribution in [0.15, 0.2) is 24.3 Å². The number of hydrogen-bond acceptors (Lipinski definition) is 4. The molecule has 2 fully saturated rings. The van der Waals surface area contributed by atoms with Gasteiger partial charge in [-0.1, -0.05) is 43.5 Å². The summed E-state index contributed by atoms with van der Waals surface area (Å²) in [6, 6.07) is 9.57. The lowest BCUT2D eigenvalue weighted by Crippen LogP contribution is -2.41. The van der Waals surface area contributed by atoms with Gasteiger partial charge in [-0.15, -0.1) is 24.8 Å². The normalized spacial score (nSPS) is 20.1. The first-order chi connectivity index (χ1) is 12.7. The predicted molar refractivity (Wildman–Crippen MR) is 125 cm³/mol. The highest BCUT2D eigenvalue weighted by atomic mass is 35.5. The number of rotatable bonds is 7. The van der Waals surface area contributed by atoms with E-state index in [1.54, 1.807) is 0 Å². The number of halogens is 2. The maximum absolute atomic E-state index is 12.3. The van der Waals surface area contributed by atoms with Crippen LogP contribution in [0.4, 0.5) is 0 Å². The van der Waals surface area contributed by atoms with E-state index in [2.05, 4.69) is 46.8 Å². The summed E-state index contributed by atoms with van der Waals surface area (Å²) >= 11 is 1.93. The molecule has 160 valence electrons. The third-order valence-corrected chi connectivity index (χ3v) is 6.77. The van der Waals surface area contributed by atoms with E-state index in [9.17, 15) is 4.79 Å². The van der Waals surface area contributed by atoms with Crippen LogP contribution in [0.5, 0.6) is 0 Å². The molecule has 1 aliphatic carbocycles. The van der Waals surface area contributed by atoms with Crippen molar-refractivity contribution in [3.8, 4) is 0 Å². The second kappa shape index (κ2) is 13.7. The van der Waals surface area contributed by atoms with Crippen molar-refractivity contribution in [3.63, 3.8) is 0 Å². The molecule has 1 unspecified atom stereocenters. The number of carbonyl (C=O) groups is 1. The molecule has 1 atom stereocenters. The minimum absolute atomic E-state index is 0. The Morgan fingerprint density at radius 1 is 1.18 bits per heavy atom. The highest BCUT2D eigenvalue weighted by Gasteiger charge is 2.19. The lowest BCUT2D eigenvalue weighted by molar-refractivity contribution is -0.121. The van der Waals surface area contributed by atoms with Crippen molar-refractivity contribution >= 4 is 42.5 Å². The standard InChI is InChI=1S/C21H33N3OS.2ClH/c1-24(20-9-3-2-4-10-20)15-18-8-6-5-7-17(18)14-23-21(25)13-19-16-26-12-11-22-19;;/h5-8,19-20,22H,2-4,9-16H2,1H3,(H,23,25);2*1H. The van der Waals surface area contributed by atoms with Crippen LogP contribution in [0.25, 0.3) is 0 Å². The van der Waals surface area contributed by atoms with Crippen molar-refractivity contribution < 1.29 is 4.79 Å². The van der Waals surface area contributed by atoms with Crippen LogP contribution in [0.3, 0.4) is 0 Å². The Labute approximate surface area is 186 Å². The van der Waals surface area contributed by atoms with Crippen LogP contribution in [-0.2, 0) is 17.9 Å². The molecule has 1 aliphatic heterocycles. The van der Waals surface area contributed by atoms with Crippen LogP contribution in [0, 0.1) is 0 Å². The van der Waals surface area contributed by atoms with Gasteiger partial charge in [-0.2, -0.15) is 11.8 Å². The molecule has 7 heteroatoms. The molecule has 1 amide bonds. The topological polar surface area (TPSA) is 44.4 Å². The SMILES string of the molecule is CN(Cc1ccccc1CNC(=O)CC1CSCCN1)C1CCCCC1.Cl.Cl. The van der Waals surface area contributed by atoms with Gasteiger partial charge in [-0.25, -0.2) is 0 Å². The number of benzene rings is 1. The second-order valence-corrected chi connectivity index (χ2v) is 8.83. The van der Waals surface area contributed by atoms with Gasteiger partial charge in [0.1, 0.15) is 0 Å². The van der Waals surface area contributed by atoms with Crippen LogP contribution < -0.4 is 10.6 Å². The van der Waals surface area contributed by atoms with Crippen molar-refractivity contribution in [3.05, 3.63) is 35.4 Å². The van der Waals surface area contributed by atoms with Gasteiger partial charge < -0.3 is 10.6 Å². The largest absolute Gasteiger partial charge is 0.352 e. The molecule has 1 saturated heterocycles. The summed E-state index contributed by atoms with van der Waals surface area (Å²) < 4.78 is 0. The van der Waals surface area contributed by atoms with Crippen molar-refractivity contribution in [2.75, 3.05) is 25.1 Å². The fourth-order valence-corrected chi connectivity index (χ4v) is 4.99. The fraction of sp³-hybridized carbons (Fsp3) is 0.667. The molecule has 1 aromatic carbocycles. The van der Waals surface area contributed by atoms with Crippen LogP contribution >= 0.6 is 36.6 Å². The summed E-state index contributed by atoms with van der Waals surface area (Å²) in [4.78, 5) is 14.8. The lowest BCUT2D eigenvalue weighted by Gasteiger charge is -2.31. The van der Waals surface area contributed by atoms with E-state index in [1.165, 1.54) is 43.2 Å². The number of carbonyl (C=O) groups excluding carboxylic acids is 1. The third kappa shape index (κ3) is 8.11. The molecule has 3 rings (SSSR count). The zero-order valence-electron chi connectivity index (χ0n) is 16.8. The number of hydrogen-bond donors (Lipinski definition) is 2. The Kier molecular flexibility index (Phi) is 12.5. The summed E-state index contributed by atoms with van der Waals surface area (Å²) in [6.07, 6.45) is 7.34. The molecule has 0 bridgehead atoms. The monoisotopic (exact) mass is 447 g/mol. The molecule has 1 heterocycles. The first-order valence-corrected chi connectivity index (χ1v) is 11.2. The zero-order valence-corrected chi connectivity index (χ0v) is 19.3. The Balaban J connectivity index is 0.00000196. The van der Waals surface area contributed by atoms with E-state index >= 15 is 0 Å². The quantitative estimate of drug-likeness (QED) is 0.662. The van der Waals surface area contributed by atoms with Gasteiger partial charge in [0.05, 0.1) is 0 Å². The number of amides is 1. The smallest absolute Gasteiger partial charge is 0.221 e. The maximum atomic E-state index is 12.3. The molecule has 0 spiro atoms. The number of nitrogens with one attached hydrogen (secondary N) is 2. The van der Waals surface area contributed by atoms with Gasteiger partial charge in [0, 0.05) is 49.6 Å². The molecule has 0 radical (unpaired) electrons. The van der Waals surface area contributed by atoms with Gasteiger partial charge in [0.2, 0.25) is 5.91 Å².